The molecule has 0 saturated heterocycles. The highest BCUT2D eigenvalue weighted by molar-refractivity contribution is 5.03. The standard InChI is InChI=1S/C10H17N3/c1-11-7-5-10-6-8-12-13(10)9-3-2-4-9/h6,8-9,11H,2-5,7H2,1H3. The smallest absolute Gasteiger partial charge is 0.0522 e. The van der Waals surface area contributed by atoms with Crippen LogP contribution < -0.4 is 5.32 Å². The predicted molar refractivity (Wildman–Crippen MR) is 52.7 cm³/mol. The minimum atomic E-state index is 0.696. The van der Waals surface area contributed by atoms with Crippen LogP contribution in [0.4, 0.5) is 0 Å². The van der Waals surface area contributed by atoms with E-state index in [0.29, 0.717) is 6.04 Å². The molecule has 1 N–H and O–H groups in total. The normalized spacial score (nSPS) is 17.3. The molecule has 0 aromatic carbocycles. The van der Waals surface area contributed by atoms with Crippen LogP contribution in [0.1, 0.15) is 31.0 Å². The van der Waals surface area contributed by atoms with Crippen molar-refractivity contribution in [2.75, 3.05) is 13.6 Å². The lowest BCUT2D eigenvalue weighted by Gasteiger charge is -2.27. The van der Waals surface area contributed by atoms with E-state index < -0.39 is 0 Å². The van der Waals surface area contributed by atoms with E-state index in [1.165, 1.54) is 25.0 Å². The Morgan fingerprint density at radius 2 is 2.46 bits per heavy atom. The maximum Gasteiger partial charge on any atom is 0.0522 e. The molecule has 1 aliphatic carbocycles. The molecule has 1 saturated carbocycles. The molecule has 1 aromatic heterocycles. The molecule has 13 heavy (non-hydrogen) atoms. The Hall–Kier alpha value is -0.830. The van der Waals surface area contributed by atoms with Crippen LogP contribution in [0.25, 0.3) is 0 Å². The van der Waals surface area contributed by atoms with E-state index in [2.05, 4.69) is 21.2 Å². The van der Waals surface area contributed by atoms with Crippen LogP contribution in [-0.4, -0.2) is 23.4 Å². The first kappa shape index (κ1) is 8.75. The van der Waals surface area contributed by atoms with Crippen LogP contribution in [0.5, 0.6) is 0 Å². The van der Waals surface area contributed by atoms with Gasteiger partial charge < -0.3 is 5.32 Å². The average Bonchev–Trinajstić information content (AvgIpc) is 2.46. The lowest BCUT2D eigenvalue weighted by Crippen LogP contribution is -2.22. The van der Waals surface area contributed by atoms with Gasteiger partial charge in [-0.1, -0.05) is 0 Å². The minimum absolute atomic E-state index is 0.696. The van der Waals surface area contributed by atoms with Gasteiger partial charge in [-0.25, -0.2) is 0 Å². The number of nitrogens with zero attached hydrogens (tertiary/aromatic N) is 2. The Morgan fingerprint density at radius 1 is 1.62 bits per heavy atom. The molecule has 1 fully saturated rings. The summed E-state index contributed by atoms with van der Waals surface area (Å²) in [5.41, 5.74) is 1.37. The van der Waals surface area contributed by atoms with Crippen molar-refractivity contribution < 1.29 is 0 Å². The first-order valence-electron chi connectivity index (χ1n) is 5.09. The highest BCUT2D eigenvalue weighted by Gasteiger charge is 2.21. The van der Waals surface area contributed by atoms with Crippen LogP contribution in [0.15, 0.2) is 12.3 Å². The molecule has 0 amide bonds. The Bertz CT molecular complexity index is 263. The maximum atomic E-state index is 4.38. The zero-order valence-electron chi connectivity index (χ0n) is 8.16. The number of nitrogens with one attached hydrogen (secondary N) is 1. The van der Waals surface area contributed by atoms with E-state index in [1.807, 2.05) is 13.2 Å². The van der Waals surface area contributed by atoms with Crippen molar-refractivity contribution in [2.45, 2.75) is 31.7 Å². The van der Waals surface area contributed by atoms with Gasteiger partial charge in [0.05, 0.1) is 6.04 Å². The van der Waals surface area contributed by atoms with Crippen molar-refractivity contribution in [3.63, 3.8) is 0 Å². The largest absolute Gasteiger partial charge is 0.319 e. The molecular weight excluding hydrogens is 162 g/mol. The van der Waals surface area contributed by atoms with Gasteiger partial charge in [-0.15, -0.1) is 0 Å². The topological polar surface area (TPSA) is 29.9 Å². The molecule has 3 heteroatoms. The molecule has 0 radical (unpaired) electrons. The fraction of sp³-hybridized carbons (Fsp3) is 0.700. The summed E-state index contributed by atoms with van der Waals surface area (Å²) in [7, 11) is 1.99. The minimum Gasteiger partial charge on any atom is -0.319 e. The third kappa shape index (κ3) is 1.75. The van der Waals surface area contributed by atoms with Crippen LogP contribution >= 0.6 is 0 Å². The Morgan fingerprint density at radius 3 is 3.08 bits per heavy atom. The third-order valence-electron chi connectivity index (χ3n) is 2.80. The van der Waals surface area contributed by atoms with Crippen molar-refractivity contribution in [1.82, 2.24) is 15.1 Å². The lowest BCUT2D eigenvalue weighted by molar-refractivity contribution is 0.282. The van der Waals surface area contributed by atoms with Crippen molar-refractivity contribution in [2.24, 2.45) is 0 Å². The average molecular weight is 179 g/mol. The van der Waals surface area contributed by atoms with Crippen molar-refractivity contribution in [3.8, 4) is 0 Å². The van der Waals surface area contributed by atoms with Crippen LogP contribution in [0, 0.1) is 0 Å². The molecule has 72 valence electrons. The first-order chi connectivity index (χ1) is 6.42. The zero-order valence-corrected chi connectivity index (χ0v) is 8.16. The second-order valence-electron chi connectivity index (χ2n) is 3.71. The zero-order chi connectivity index (χ0) is 9.10. The molecule has 0 bridgehead atoms. The van der Waals surface area contributed by atoms with Gasteiger partial charge in [0.1, 0.15) is 0 Å². The van der Waals surface area contributed by atoms with Crippen molar-refractivity contribution in [3.05, 3.63) is 18.0 Å². The van der Waals surface area contributed by atoms with E-state index in [0.717, 1.165) is 13.0 Å². The van der Waals surface area contributed by atoms with Gasteiger partial charge in [0.25, 0.3) is 0 Å². The molecular formula is C10H17N3. The summed E-state index contributed by atoms with van der Waals surface area (Å²) >= 11 is 0. The summed E-state index contributed by atoms with van der Waals surface area (Å²) in [5, 5.41) is 7.55. The van der Waals surface area contributed by atoms with Crippen LogP contribution in [0.2, 0.25) is 0 Å². The summed E-state index contributed by atoms with van der Waals surface area (Å²) in [6.45, 7) is 1.04. The Labute approximate surface area is 79.1 Å². The van der Waals surface area contributed by atoms with Crippen LogP contribution in [-0.2, 0) is 6.42 Å². The summed E-state index contributed by atoms with van der Waals surface area (Å²) in [6, 6.07) is 2.83. The molecule has 0 aliphatic heterocycles. The van der Waals surface area contributed by atoms with Gasteiger partial charge in [-0.05, 0) is 32.4 Å². The van der Waals surface area contributed by atoms with Gasteiger partial charge in [0.2, 0.25) is 0 Å². The fourth-order valence-corrected chi connectivity index (χ4v) is 1.75. The third-order valence-corrected chi connectivity index (χ3v) is 2.80. The van der Waals surface area contributed by atoms with Crippen LogP contribution in [0.3, 0.4) is 0 Å². The SMILES string of the molecule is CNCCc1ccnn1C1CCC1. The summed E-state index contributed by atoms with van der Waals surface area (Å²) in [6.07, 6.45) is 7.01. The van der Waals surface area contributed by atoms with Crippen molar-refractivity contribution in [1.29, 1.82) is 0 Å². The summed E-state index contributed by atoms with van der Waals surface area (Å²) in [4.78, 5) is 0. The quantitative estimate of drug-likeness (QED) is 0.756. The second-order valence-corrected chi connectivity index (χ2v) is 3.71. The van der Waals surface area contributed by atoms with E-state index in [-0.39, 0.29) is 0 Å². The van der Waals surface area contributed by atoms with E-state index in [1.54, 1.807) is 0 Å². The van der Waals surface area contributed by atoms with Gasteiger partial charge >= 0.3 is 0 Å². The number of aromatic nitrogens is 2. The highest BCUT2D eigenvalue weighted by Crippen LogP contribution is 2.31. The van der Waals surface area contributed by atoms with Crippen molar-refractivity contribution >= 4 is 0 Å². The number of likely N-dealkylation sites (N-methyl/N-ethyl adjacent to an activating group) is 1. The Kier molecular flexibility index (Phi) is 2.64. The molecule has 3 nitrogen and oxygen atoms in total. The molecule has 2 rings (SSSR count). The van der Waals surface area contributed by atoms with E-state index >= 15 is 0 Å². The highest BCUT2D eigenvalue weighted by atomic mass is 15.3. The fourth-order valence-electron chi connectivity index (χ4n) is 1.75. The molecule has 0 atom stereocenters. The van der Waals surface area contributed by atoms with Gasteiger partial charge in [-0.2, -0.15) is 5.10 Å². The van der Waals surface area contributed by atoms with Gasteiger partial charge in [0, 0.05) is 24.9 Å². The lowest BCUT2D eigenvalue weighted by atomic mass is 9.93. The monoisotopic (exact) mass is 179 g/mol. The van der Waals surface area contributed by atoms with Gasteiger partial charge in [0.15, 0.2) is 0 Å². The number of hydrogen-bond acceptors (Lipinski definition) is 2. The molecule has 1 aliphatic rings. The summed E-state index contributed by atoms with van der Waals surface area (Å²) in [5.74, 6) is 0. The Balaban J connectivity index is 2.02. The predicted octanol–water partition coefficient (Wildman–Crippen LogP) is 1.37. The molecule has 1 heterocycles. The summed E-state index contributed by atoms with van der Waals surface area (Å²) < 4.78 is 2.21. The van der Waals surface area contributed by atoms with E-state index in [9.17, 15) is 0 Å². The first-order valence-corrected chi connectivity index (χ1v) is 5.09. The maximum absolute atomic E-state index is 4.38. The van der Waals surface area contributed by atoms with Gasteiger partial charge in [-0.3, -0.25) is 4.68 Å². The molecule has 0 spiro atoms. The molecule has 0 unspecified atom stereocenters. The second kappa shape index (κ2) is 3.92. The number of hydrogen-bond donors (Lipinski definition) is 1. The molecule has 1 aromatic rings. The van der Waals surface area contributed by atoms with E-state index in [4.69, 9.17) is 0 Å². The number of rotatable bonds is 4.